The Morgan fingerprint density at radius 1 is 1.33 bits per heavy atom. The van der Waals surface area contributed by atoms with Crippen LogP contribution in [-0.4, -0.2) is 29.0 Å². The lowest BCUT2D eigenvalue weighted by Crippen LogP contribution is -2.31. The molecule has 0 amide bonds. The van der Waals surface area contributed by atoms with Crippen LogP contribution in [0.25, 0.3) is 0 Å². The van der Waals surface area contributed by atoms with Crippen LogP contribution < -0.4 is 0 Å². The molecule has 1 aromatic heterocycles. The molecule has 3 rings (SSSR count). The number of hydrogen-bond donors (Lipinski definition) is 0. The van der Waals surface area contributed by atoms with Gasteiger partial charge < -0.3 is 0 Å². The van der Waals surface area contributed by atoms with E-state index < -0.39 is 22.6 Å². The van der Waals surface area contributed by atoms with Gasteiger partial charge in [0, 0.05) is 11.6 Å². The molecule has 0 aliphatic carbocycles. The van der Waals surface area contributed by atoms with E-state index in [1.54, 1.807) is 24.3 Å². The topological polar surface area (TPSA) is 55.2 Å². The van der Waals surface area contributed by atoms with Crippen molar-refractivity contribution in [2.45, 2.75) is 37.3 Å². The van der Waals surface area contributed by atoms with Gasteiger partial charge in [-0.15, -0.1) is 0 Å². The van der Waals surface area contributed by atoms with Crippen molar-refractivity contribution in [1.29, 1.82) is 0 Å². The number of halogens is 3. The van der Waals surface area contributed by atoms with Gasteiger partial charge in [-0.1, -0.05) is 29.8 Å². The minimum Gasteiger partial charge on any atom is -0.207 e. The first kappa shape index (κ1) is 17.3. The second kappa shape index (κ2) is 6.42. The van der Waals surface area contributed by atoms with Crippen molar-refractivity contribution in [3.63, 3.8) is 0 Å². The normalized spacial score (nSPS) is 19.3. The van der Waals surface area contributed by atoms with Gasteiger partial charge in [0.05, 0.1) is 17.9 Å². The predicted octanol–water partition coefficient (Wildman–Crippen LogP) is 3.77. The van der Waals surface area contributed by atoms with Crippen molar-refractivity contribution >= 4 is 21.6 Å². The summed E-state index contributed by atoms with van der Waals surface area (Å²) in [5.41, 5.74) is 0.647. The van der Waals surface area contributed by atoms with E-state index in [4.69, 9.17) is 11.6 Å². The minimum absolute atomic E-state index is 0.0743. The molecule has 2 heterocycles. The largest absolute Gasteiger partial charge is 0.333 e. The fourth-order valence-electron chi connectivity index (χ4n) is 3.07. The third-order valence-electron chi connectivity index (χ3n) is 4.24. The fraction of sp³-hybridized carbons (Fsp3) is 0.400. The summed E-state index contributed by atoms with van der Waals surface area (Å²) in [6, 6.07) is 6.66. The van der Waals surface area contributed by atoms with Crippen molar-refractivity contribution in [3.8, 4) is 0 Å². The molecule has 5 nitrogen and oxygen atoms in total. The molecular formula is C15H16ClF2N3O2S. The molecule has 1 unspecified atom stereocenters. The van der Waals surface area contributed by atoms with E-state index in [0.717, 1.165) is 11.8 Å². The van der Waals surface area contributed by atoms with Crippen molar-refractivity contribution < 1.29 is 17.2 Å². The van der Waals surface area contributed by atoms with Gasteiger partial charge in [0.15, 0.2) is 0 Å². The number of sulfonamides is 1. The highest BCUT2D eigenvalue weighted by Crippen LogP contribution is 2.39. The molecule has 0 spiro atoms. The number of aromatic nitrogens is 2. The maximum absolute atomic E-state index is 13.0. The van der Waals surface area contributed by atoms with E-state index in [0.29, 0.717) is 29.1 Å². The highest BCUT2D eigenvalue weighted by Gasteiger charge is 2.39. The van der Waals surface area contributed by atoms with Crippen LogP contribution in [0, 0.1) is 6.92 Å². The molecule has 24 heavy (non-hydrogen) atoms. The molecular weight excluding hydrogens is 360 g/mol. The maximum Gasteiger partial charge on any atom is 0.333 e. The van der Waals surface area contributed by atoms with Crippen LogP contribution in [0.5, 0.6) is 0 Å². The summed E-state index contributed by atoms with van der Waals surface area (Å²) in [7, 11) is -3.94. The van der Waals surface area contributed by atoms with E-state index in [1.165, 1.54) is 11.2 Å². The van der Waals surface area contributed by atoms with Gasteiger partial charge in [0.25, 0.3) is 0 Å². The van der Waals surface area contributed by atoms with Crippen molar-refractivity contribution in [3.05, 3.63) is 46.7 Å². The van der Waals surface area contributed by atoms with Crippen LogP contribution >= 0.6 is 11.6 Å². The molecule has 2 aromatic rings. The number of alkyl halides is 2. The van der Waals surface area contributed by atoms with Crippen molar-refractivity contribution in [2.75, 3.05) is 6.54 Å². The zero-order valence-corrected chi connectivity index (χ0v) is 14.4. The highest BCUT2D eigenvalue weighted by atomic mass is 35.5. The standard InChI is InChI=1S/C15H16ClF2N3O2S/c1-10-14(9-19-21(10)15(17)18)24(22,23)20-8-4-7-13(20)11-5-2-3-6-12(11)16/h2-3,5-6,9,13,15H,4,7-8H2,1H3. The summed E-state index contributed by atoms with van der Waals surface area (Å²) in [6.45, 7) is -1.24. The SMILES string of the molecule is Cc1c(S(=O)(=O)N2CCCC2c2ccccc2Cl)cnn1C(F)F. The Morgan fingerprint density at radius 2 is 2.04 bits per heavy atom. The molecule has 1 saturated heterocycles. The molecule has 1 aliphatic heterocycles. The zero-order valence-electron chi connectivity index (χ0n) is 12.9. The van der Waals surface area contributed by atoms with Gasteiger partial charge >= 0.3 is 6.55 Å². The van der Waals surface area contributed by atoms with Gasteiger partial charge in [-0.2, -0.15) is 18.2 Å². The molecule has 0 N–H and O–H groups in total. The van der Waals surface area contributed by atoms with Crippen LogP contribution in [0.15, 0.2) is 35.4 Å². The van der Waals surface area contributed by atoms with Crippen LogP contribution in [-0.2, 0) is 10.0 Å². The van der Waals surface area contributed by atoms with Gasteiger partial charge in [-0.05, 0) is 31.4 Å². The second-order valence-electron chi connectivity index (χ2n) is 5.61. The van der Waals surface area contributed by atoms with Crippen LogP contribution in [0.2, 0.25) is 5.02 Å². The summed E-state index contributed by atoms with van der Waals surface area (Å²) >= 11 is 6.21. The van der Waals surface area contributed by atoms with Crippen LogP contribution in [0.3, 0.4) is 0 Å². The Kier molecular flexibility index (Phi) is 4.63. The Bertz CT molecular complexity index is 854. The second-order valence-corrected chi connectivity index (χ2v) is 7.88. The maximum atomic E-state index is 13.0. The number of benzene rings is 1. The average Bonchev–Trinajstić information content (AvgIpc) is 3.14. The molecule has 1 aliphatic rings. The Balaban J connectivity index is 2.02. The Morgan fingerprint density at radius 3 is 2.67 bits per heavy atom. The van der Waals surface area contributed by atoms with Gasteiger partial charge in [0.1, 0.15) is 4.90 Å². The molecule has 0 radical (unpaired) electrons. The molecule has 0 saturated carbocycles. The van der Waals surface area contributed by atoms with E-state index >= 15 is 0 Å². The van der Waals surface area contributed by atoms with E-state index in [9.17, 15) is 17.2 Å². The molecule has 1 fully saturated rings. The fourth-order valence-corrected chi connectivity index (χ4v) is 5.15. The number of nitrogens with zero attached hydrogens (tertiary/aromatic N) is 3. The van der Waals surface area contributed by atoms with Gasteiger partial charge in [-0.3, -0.25) is 0 Å². The third kappa shape index (κ3) is 2.82. The Labute approximate surface area is 143 Å². The number of rotatable bonds is 4. The first-order valence-electron chi connectivity index (χ1n) is 7.42. The smallest absolute Gasteiger partial charge is 0.207 e. The summed E-state index contributed by atoms with van der Waals surface area (Å²) in [4.78, 5) is -0.193. The third-order valence-corrected chi connectivity index (χ3v) is 6.59. The summed E-state index contributed by atoms with van der Waals surface area (Å²) in [6.07, 6.45) is 2.29. The molecule has 0 bridgehead atoms. The Hall–Kier alpha value is -1.51. The quantitative estimate of drug-likeness (QED) is 0.817. The average molecular weight is 376 g/mol. The molecule has 1 atom stereocenters. The first-order chi connectivity index (χ1) is 11.3. The zero-order chi connectivity index (χ0) is 17.5. The first-order valence-corrected chi connectivity index (χ1v) is 9.24. The lowest BCUT2D eigenvalue weighted by atomic mass is 10.1. The predicted molar refractivity (Wildman–Crippen MR) is 85.5 cm³/mol. The molecule has 1 aromatic carbocycles. The van der Waals surface area contributed by atoms with Crippen LogP contribution in [0.4, 0.5) is 8.78 Å². The van der Waals surface area contributed by atoms with Crippen LogP contribution in [0.1, 0.15) is 36.7 Å². The lowest BCUT2D eigenvalue weighted by molar-refractivity contribution is 0.0541. The lowest BCUT2D eigenvalue weighted by Gasteiger charge is -2.25. The van der Waals surface area contributed by atoms with Crippen molar-refractivity contribution in [1.82, 2.24) is 14.1 Å². The van der Waals surface area contributed by atoms with Gasteiger partial charge in [0.2, 0.25) is 10.0 Å². The molecule has 9 heteroatoms. The van der Waals surface area contributed by atoms with E-state index in [2.05, 4.69) is 5.10 Å². The van der Waals surface area contributed by atoms with Crippen molar-refractivity contribution in [2.24, 2.45) is 0 Å². The minimum atomic E-state index is -3.94. The summed E-state index contributed by atoms with van der Waals surface area (Å²) in [5.74, 6) is 0. The monoisotopic (exact) mass is 375 g/mol. The summed E-state index contributed by atoms with van der Waals surface area (Å²) in [5, 5.41) is 3.99. The van der Waals surface area contributed by atoms with E-state index in [-0.39, 0.29) is 10.6 Å². The van der Waals surface area contributed by atoms with Gasteiger partial charge in [-0.25, -0.2) is 13.1 Å². The number of hydrogen-bond acceptors (Lipinski definition) is 3. The summed E-state index contributed by atoms with van der Waals surface area (Å²) < 4.78 is 53.4. The molecule has 130 valence electrons. The highest BCUT2D eigenvalue weighted by molar-refractivity contribution is 7.89. The van der Waals surface area contributed by atoms with E-state index in [1.807, 2.05) is 0 Å².